The third-order valence-electron chi connectivity index (χ3n) is 5.11. The third-order valence-corrected chi connectivity index (χ3v) is 5.11. The molecule has 1 aliphatic rings. The molecular weight excluding hydrogens is 382 g/mol. The number of carbonyl (C=O) groups is 1. The first-order valence-electron chi connectivity index (χ1n) is 9.71. The second kappa shape index (κ2) is 8.77. The Morgan fingerprint density at radius 2 is 1.73 bits per heavy atom. The number of benzene rings is 1. The summed E-state index contributed by atoms with van der Waals surface area (Å²) in [5.41, 5.74) is 2.03. The number of rotatable bonds is 5. The maximum Gasteiger partial charge on any atom is 0.257 e. The predicted octanol–water partition coefficient (Wildman–Crippen LogP) is 2.52. The molecule has 1 amide bonds. The molecule has 8 heteroatoms. The van der Waals surface area contributed by atoms with Crippen molar-refractivity contribution in [2.24, 2.45) is 0 Å². The summed E-state index contributed by atoms with van der Waals surface area (Å²) in [6, 6.07) is 14.8. The van der Waals surface area contributed by atoms with Crippen molar-refractivity contribution in [3.05, 3.63) is 60.3 Å². The van der Waals surface area contributed by atoms with Crippen molar-refractivity contribution in [1.29, 1.82) is 0 Å². The molecule has 4 rings (SSSR count). The van der Waals surface area contributed by atoms with Crippen LogP contribution in [0.25, 0.3) is 11.4 Å². The van der Waals surface area contributed by atoms with Crippen LogP contribution in [0, 0.1) is 0 Å². The van der Waals surface area contributed by atoms with E-state index in [2.05, 4.69) is 20.1 Å². The SMILES string of the molecule is COc1ccc(OC)c(C(=O)N2CCN(c3ccc(-c4ccccn4)nn3)CC2)c1. The average Bonchev–Trinajstić information content (AvgIpc) is 2.84. The largest absolute Gasteiger partial charge is 0.497 e. The van der Waals surface area contributed by atoms with Gasteiger partial charge in [-0.1, -0.05) is 6.07 Å². The lowest BCUT2D eigenvalue weighted by molar-refractivity contribution is 0.0742. The number of piperazine rings is 1. The van der Waals surface area contributed by atoms with E-state index in [-0.39, 0.29) is 5.91 Å². The van der Waals surface area contributed by atoms with E-state index in [4.69, 9.17) is 9.47 Å². The van der Waals surface area contributed by atoms with E-state index in [0.29, 0.717) is 43.2 Å². The first kappa shape index (κ1) is 19.6. The van der Waals surface area contributed by atoms with E-state index in [1.807, 2.05) is 35.2 Å². The molecule has 0 N–H and O–H groups in total. The van der Waals surface area contributed by atoms with E-state index in [1.54, 1.807) is 38.6 Å². The number of aromatic nitrogens is 3. The number of nitrogens with zero attached hydrogens (tertiary/aromatic N) is 5. The highest BCUT2D eigenvalue weighted by Crippen LogP contribution is 2.26. The number of carbonyl (C=O) groups excluding carboxylic acids is 1. The third kappa shape index (κ3) is 4.03. The van der Waals surface area contributed by atoms with E-state index < -0.39 is 0 Å². The van der Waals surface area contributed by atoms with Gasteiger partial charge in [-0.2, -0.15) is 0 Å². The smallest absolute Gasteiger partial charge is 0.257 e. The number of hydrogen-bond acceptors (Lipinski definition) is 7. The molecule has 0 spiro atoms. The highest BCUT2D eigenvalue weighted by Gasteiger charge is 2.25. The van der Waals surface area contributed by atoms with Crippen LogP contribution >= 0.6 is 0 Å². The van der Waals surface area contributed by atoms with Crippen LogP contribution in [-0.4, -0.2) is 66.4 Å². The number of amides is 1. The predicted molar refractivity (Wildman–Crippen MR) is 113 cm³/mol. The van der Waals surface area contributed by atoms with Gasteiger partial charge < -0.3 is 19.3 Å². The molecule has 0 atom stereocenters. The van der Waals surface area contributed by atoms with Gasteiger partial charge in [0, 0.05) is 32.4 Å². The minimum atomic E-state index is -0.0676. The molecule has 1 saturated heterocycles. The number of hydrogen-bond donors (Lipinski definition) is 0. The Labute approximate surface area is 175 Å². The zero-order valence-electron chi connectivity index (χ0n) is 17.0. The van der Waals surface area contributed by atoms with E-state index in [9.17, 15) is 4.79 Å². The summed E-state index contributed by atoms with van der Waals surface area (Å²) >= 11 is 0. The van der Waals surface area contributed by atoms with Gasteiger partial charge in [-0.25, -0.2) is 0 Å². The van der Waals surface area contributed by atoms with E-state index in [1.165, 1.54) is 0 Å². The molecule has 30 heavy (non-hydrogen) atoms. The number of anilines is 1. The quantitative estimate of drug-likeness (QED) is 0.645. The molecule has 0 bridgehead atoms. The van der Waals surface area contributed by atoms with Crippen LogP contribution in [0.2, 0.25) is 0 Å². The highest BCUT2D eigenvalue weighted by molar-refractivity contribution is 5.97. The fourth-order valence-corrected chi connectivity index (χ4v) is 3.43. The summed E-state index contributed by atoms with van der Waals surface area (Å²) in [5.74, 6) is 1.89. The van der Waals surface area contributed by atoms with Gasteiger partial charge in [0.25, 0.3) is 5.91 Å². The topological polar surface area (TPSA) is 80.7 Å². The van der Waals surface area contributed by atoms with Gasteiger partial charge in [0.2, 0.25) is 0 Å². The van der Waals surface area contributed by atoms with Gasteiger partial charge in [-0.3, -0.25) is 9.78 Å². The Morgan fingerprint density at radius 3 is 2.37 bits per heavy atom. The fourth-order valence-electron chi connectivity index (χ4n) is 3.43. The maximum atomic E-state index is 13.0. The minimum Gasteiger partial charge on any atom is -0.497 e. The lowest BCUT2D eigenvalue weighted by Gasteiger charge is -2.35. The molecule has 0 aliphatic carbocycles. The van der Waals surface area contributed by atoms with Gasteiger partial charge in [0.1, 0.15) is 17.2 Å². The van der Waals surface area contributed by atoms with Gasteiger partial charge in [-0.05, 0) is 42.5 Å². The zero-order chi connectivity index (χ0) is 20.9. The van der Waals surface area contributed by atoms with Crippen LogP contribution < -0.4 is 14.4 Å². The van der Waals surface area contributed by atoms with Crippen LogP contribution in [0.4, 0.5) is 5.82 Å². The van der Waals surface area contributed by atoms with Crippen molar-refractivity contribution >= 4 is 11.7 Å². The highest BCUT2D eigenvalue weighted by atomic mass is 16.5. The Bertz CT molecular complexity index is 1000. The summed E-state index contributed by atoms with van der Waals surface area (Å²) < 4.78 is 10.6. The molecule has 0 radical (unpaired) electrons. The van der Waals surface area contributed by atoms with Crippen molar-refractivity contribution in [3.63, 3.8) is 0 Å². The summed E-state index contributed by atoms with van der Waals surface area (Å²) in [6.45, 7) is 2.52. The molecular formula is C22H23N5O3. The second-order valence-corrected chi connectivity index (χ2v) is 6.84. The summed E-state index contributed by atoms with van der Waals surface area (Å²) in [4.78, 5) is 21.3. The van der Waals surface area contributed by atoms with Crippen molar-refractivity contribution in [1.82, 2.24) is 20.1 Å². The first-order valence-corrected chi connectivity index (χ1v) is 9.71. The monoisotopic (exact) mass is 405 g/mol. The molecule has 1 aliphatic heterocycles. The van der Waals surface area contributed by atoms with Crippen LogP contribution in [-0.2, 0) is 0 Å². The maximum absolute atomic E-state index is 13.0. The van der Waals surface area contributed by atoms with Gasteiger partial charge >= 0.3 is 0 Å². The van der Waals surface area contributed by atoms with Crippen LogP contribution in [0.15, 0.2) is 54.7 Å². The fraction of sp³-hybridized carbons (Fsp3) is 0.273. The molecule has 3 aromatic rings. The van der Waals surface area contributed by atoms with Gasteiger partial charge in [0.05, 0.1) is 25.5 Å². The lowest BCUT2D eigenvalue weighted by atomic mass is 10.1. The van der Waals surface area contributed by atoms with Crippen molar-refractivity contribution in [3.8, 4) is 22.9 Å². The Kier molecular flexibility index (Phi) is 5.74. The zero-order valence-corrected chi connectivity index (χ0v) is 17.0. The average molecular weight is 405 g/mol. The normalized spacial score (nSPS) is 13.8. The number of methoxy groups -OCH3 is 2. The van der Waals surface area contributed by atoms with Crippen LogP contribution in [0.5, 0.6) is 11.5 Å². The molecule has 1 aromatic carbocycles. The Morgan fingerprint density at radius 1 is 0.900 bits per heavy atom. The summed E-state index contributed by atoms with van der Waals surface area (Å²) in [5, 5.41) is 8.66. The second-order valence-electron chi connectivity index (χ2n) is 6.84. The van der Waals surface area contributed by atoms with Crippen molar-refractivity contribution in [2.75, 3.05) is 45.3 Å². The van der Waals surface area contributed by atoms with Gasteiger partial charge in [-0.15, -0.1) is 10.2 Å². The first-order chi connectivity index (χ1) is 14.7. The minimum absolute atomic E-state index is 0.0676. The molecule has 0 saturated carbocycles. The lowest BCUT2D eigenvalue weighted by Crippen LogP contribution is -2.49. The molecule has 0 unspecified atom stereocenters. The molecule has 2 aromatic heterocycles. The van der Waals surface area contributed by atoms with Crippen molar-refractivity contribution in [2.45, 2.75) is 0 Å². The standard InChI is InChI=1S/C22H23N5O3/c1-29-16-6-8-20(30-2)17(15-16)22(28)27-13-11-26(12-14-27)21-9-7-19(24-25-21)18-5-3-4-10-23-18/h3-10,15H,11-14H2,1-2H3. The Hall–Kier alpha value is -3.68. The molecule has 1 fully saturated rings. The van der Waals surface area contributed by atoms with E-state index in [0.717, 1.165) is 17.2 Å². The van der Waals surface area contributed by atoms with Crippen LogP contribution in [0.3, 0.4) is 0 Å². The van der Waals surface area contributed by atoms with E-state index >= 15 is 0 Å². The summed E-state index contributed by atoms with van der Waals surface area (Å²) in [6.07, 6.45) is 1.73. The van der Waals surface area contributed by atoms with Crippen molar-refractivity contribution < 1.29 is 14.3 Å². The molecule has 8 nitrogen and oxygen atoms in total. The van der Waals surface area contributed by atoms with Crippen LogP contribution in [0.1, 0.15) is 10.4 Å². The number of ether oxygens (including phenoxy) is 2. The summed E-state index contributed by atoms with van der Waals surface area (Å²) in [7, 11) is 3.14. The molecule has 3 heterocycles. The van der Waals surface area contributed by atoms with Gasteiger partial charge in [0.15, 0.2) is 5.82 Å². The molecule has 154 valence electrons. The Balaban J connectivity index is 1.42. The number of pyridine rings is 1.